The first-order valence-corrected chi connectivity index (χ1v) is 7.95. The third-order valence-electron chi connectivity index (χ3n) is 3.12. The SMILES string of the molecule is CC(C)CN(CC(C)C)C(=O)/C=C/C=C/c1ccc(O)c(O)c1. The summed E-state index contributed by atoms with van der Waals surface area (Å²) in [4.78, 5) is 14.1. The predicted molar refractivity (Wildman–Crippen MR) is 94.2 cm³/mol. The summed E-state index contributed by atoms with van der Waals surface area (Å²) in [5.41, 5.74) is 0.749. The number of phenolic OH excluding ortho intramolecular Hbond substituents is 2. The third kappa shape index (κ3) is 7.04. The fraction of sp³-hybridized carbons (Fsp3) is 0.421. The highest BCUT2D eigenvalue weighted by atomic mass is 16.3. The molecule has 0 aliphatic rings. The molecule has 0 saturated heterocycles. The number of aromatic hydroxyl groups is 2. The van der Waals surface area contributed by atoms with Crippen molar-refractivity contribution in [1.82, 2.24) is 4.90 Å². The van der Waals surface area contributed by atoms with Crippen LogP contribution in [0.25, 0.3) is 6.08 Å². The molecule has 1 rings (SSSR count). The van der Waals surface area contributed by atoms with Crippen molar-refractivity contribution >= 4 is 12.0 Å². The van der Waals surface area contributed by atoms with Gasteiger partial charge in [0.2, 0.25) is 5.91 Å². The average molecular weight is 317 g/mol. The van der Waals surface area contributed by atoms with E-state index in [1.165, 1.54) is 12.1 Å². The minimum atomic E-state index is -0.160. The maximum atomic E-state index is 12.3. The summed E-state index contributed by atoms with van der Waals surface area (Å²) in [5, 5.41) is 18.7. The molecule has 0 unspecified atom stereocenters. The van der Waals surface area contributed by atoms with Crippen molar-refractivity contribution < 1.29 is 15.0 Å². The van der Waals surface area contributed by atoms with E-state index in [0.717, 1.165) is 18.7 Å². The Balaban J connectivity index is 2.67. The Morgan fingerprint density at radius 3 is 2.17 bits per heavy atom. The third-order valence-corrected chi connectivity index (χ3v) is 3.12. The first-order valence-electron chi connectivity index (χ1n) is 7.95. The first-order chi connectivity index (χ1) is 10.8. The second-order valence-electron chi connectivity index (χ2n) is 6.50. The molecule has 0 saturated carbocycles. The molecule has 0 bridgehead atoms. The van der Waals surface area contributed by atoms with Gasteiger partial charge in [0.25, 0.3) is 0 Å². The lowest BCUT2D eigenvalue weighted by Gasteiger charge is -2.25. The van der Waals surface area contributed by atoms with Crippen LogP contribution in [0.5, 0.6) is 11.5 Å². The number of allylic oxidation sites excluding steroid dienone is 2. The minimum absolute atomic E-state index is 0.00519. The van der Waals surface area contributed by atoms with E-state index in [-0.39, 0.29) is 17.4 Å². The maximum Gasteiger partial charge on any atom is 0.246 e. The Bertz CT molecular complexity index is 564. The van der Waals surface area contributed by atoms with Crippen LogP contribution in [0.15, 0.2) is 36.4 Å². The van der Waals surface area contributed by atoms with E-state index in [2.05, 4.69) is 27.7 Å². The predicted octanol–water partition coefficient (Wildman–Crippen LogP) is 3.81. The van der Waals surface area contributed by atoms with Gasteiger partial charge in [0, 0.05) is 19.2 Å². The van der Waals surface area contributed by atoms with Crippen LogP contribution in [0.3, 0.4) is 0 Å². The van der Waals surface area contributed by atoms with Crippen molar-refractivity contribution in [1.29, 1.82) is 0 Å². The molecule has 1 amide bonds. The van der Waals surface area contributed by atoms with E-state index in [9.17, 15) is 15.0 Å². The molecule has 2 N–H and O–H groups in total. The van der Waals surface area contributed by atoms with Crippen LogP contribution in [-0.2, 0) is 4.79 Å². The lowest BCUT2D eigenvalue weighted by atomic mass is 10.1. The number of phenols is 2. The fourth-order valence-corrected chi connectivity index (χ4v) is 2.19. The molecule has 0 atom stereocenters. The van der Waals surface area contributed by atoms with Gasteiger partial charge in [-0.05, 0) is 29.5 Å². The van der Waals surface area contributed by atoms with Crippen LogP contribution in [0.2, 0.25) is 0 Å². The number of rotatable bonds is 7. The summed E-state index contributed by atoms with van der Waals surface area (Å²) in [5.74, 6) is 0.562. The van der Waals surface area contributed by atoms with Gasteiger partial charge in [0.15, 0.2) is 11.5 Å². The Morgan fingerprint density at radius 1 is 1.04 bits per heavy atom. The number of nitrogens with zero attached hydrogens (tertiary/aromatic N) is 1. The van der Waals surface area contributed by atoms with Crippen LogP contribution in [0, 0.1) is 11.8 Å². The highest BCUT2D eigenvalue weighted by Crippen LogP contribution is 2.25. The fourth-order valence-electron chi connectivity index (χ4n) is 2.19. The summed E-state index contributed by atoms with van der Waals surface area (Å²) in [7, 11) is 0. The molecule has 0 aliphatic carbocycles. The van der Waals surface area contributed by atoms with Crippen molar-refractivity contribution in [3.8, 4) is 11.5 Å². The zero-order chi connectivity index (χ0) is 17.4. The summed E-state index contributed by atoms with van der Waals surface area (Å²) in [6, 6.07) is 4.58. The zero-order valence-corrected chi connectivity index (χ0v) is 14.4. The summed E-state index contributed by atoms with van der Waals surface area (Å²) < 4.78 is 0. The molecule has 126 valence electrons. The molecule has 4 nitrogen and oxygen atoms in total. The molecule has 1 aromatic rings. The molecule has 1 aromatic carbocycles. The lowest BCUT2D eigenvalue weighted by molar-refractivity contribution is -0.127. The van der Waals surface area contributed by atoms with Crippen molar-refractivity contribution in [2.75, 3.05) is 13.1 Å². The standard InChI is InChI=1S/C19H27NO3/c1-14(2)12-20(13-15(3)4)19(23)8-6-5-7-16-9-10-17(21)18(22)11-16/h5-11,14-15,21-22H,12-13H2,1-4H3/b7-5+,8-6+. The quantitative estimate of drug-likeness (QED) is 0.457. The Morgan fingerprint density at radius 2 is 1.65 bits per heavy atom. The van der Waals surface area contributed by atoms with Gasteiger partial charge in [-0.15, -0.1) is 0 Å². The molecule has 0 spiro atoms. The monoisotopic (exact) mass is 317 g/mol. The molecule has 4 heteroatoms. The van der Waals surface area contributed by atoms with E-state index in [1.807, 2.05) is 4.90 Å². The summed E-state index contributed by atoms with van der Waals surface area (Å²) >= 11 is 0. The van der Waals surface area contributed by atoms with E-state index in [0.29, 0.717) is 11.8 Å². The van der Waals surface area contributed by atoms with Gasteiger partial charge in [-0.25, -0.2) is 0 Å². The van der Waals surface area contributed by atoms with Crippen LogP contribution in [-0.4, -0.2) is 34.1 Å². The van der Waals surface area contributed by atoms with Gasteiger partial charge in [0.1, 0.15) is 0 Å². The van der Waals surface area contributed by atoms with Crippen LogP contribution < -0.4 is 0 Å². The molecule has 0 aromatic heterocycles. The number of hydrogen-bond donors (Lipinski definition) is 2. The van der Waals surface area contributed by atoms with Gasteiger partial charge in [-0.2, -0.15) is 0 Å². The number of benzene rings is 1. The summed E-state index contributed by atoms with van der Waals surface area (Å²) in [6.45, 7) is 9.89. The van der Waals surface area contributed by atoms with Crippen molar-refractivity contribution in [3.63, 3.8) is 0 Å². The second kappa shape index (κ2) is 9.03. The second-order valence-corrected chi connectivity index (χ2v) is 6.50. The molecule has 0 radical (unpaired) electrons. The van der Waals surface area contributed by atoms with Crippen molar-refractivity contribution in [2.45, 2.75) is 27.7 Å². The van der Waals surface area contributed by atoms with E-state index < -0.39 is 0 Å². The average Bonchev–Trinajstić information content (AvgIpc) is 2.45. The topological polar surface area (TPSA) is 60.8 Å². The zero-order valence-electron chi connectivity index (χ0n) is 14.4. The van der Waals surface area contributed by atoms with Gasteiger partial charge in [0.05, 0.1) is 0 Å². The number of hydrogen-bond acceptors (Lipinski definition) is 3. The molecular formula is C19H27NO3. The van der Waals surface area contributed by atoms with Gasteiger partial charge < -0.3 is 15.1 Å². The van der Waals surface area contributed by atoms with E-state index >= 15 is 0 Å². The Kier molecular flexibility index (Phi) is 7.39. The Labute approximate surface area is 138 Å². The maximum absolute atomic E-state index is 12.3. The minimum Gasteiger partial charge on any atom is -0.504 e. The van der Waals surface area contributed by atoms with Crippen LogP contribution >= 0.6 is 0 Å². The summed E-state index contributed by atoms with van der Waals surface area (Å²) in [6.07, 6.45) is 6.76. The van der Waals surface area contributed by atoms with E-state index in [4.69, 9.17) is 0 Å². The molecule has 0 heterocycles. The van der Waals surface area contributed by atoms with E-state index in [1.54, 1.807) is 30.4 Å². The molecule has 0 fully saturated rings. The molecule has 23 heavy (non-hydrogen) atoms. The smallest absolute Gasteiger partial charge is 0.246 e. The molecular weight excluding hydrogens is 290 g/mol. The highest BCUT2D eigenvalue weighted by Gasteiger charge is 2.13. The molecule has 0 aliphatic heterocycles. The normalized spacial score (nSPS) is 11.9. The van der Waals surface area contributed by atoms with Crippen molar-refractivity contribution in [2.24, 2.45) is 11.8 Å². The van der Waals surface area contributed by atoms with Gasteiger partial charge >= 0.3 is 0 Å². The number of carbonyl (C=O) groups excluding carboxylic acids is 1. The van der Waals surface area contributed by atoms with Gasteiger partial charge in [-0.1, -0.05) is 52.0 Å². The van der Waals surface area contributed by atoms with Crippen LogP contribution in [0.1, 0.15) is 33.3 Å². The van der Waals surface area contributed by atoms with Gasteiger partial charge in [-0.3, -0.25) is 4.79 Å². The lowest BCUT2D eigenvalue weighted by Crippen LogP contribution is -2.35. The highest BCUT2D eigenvalue weighted by molar-refractivity contribution is 5.88. The Hall–Kier alpha value is -2.23. The first kappa shape index (κ1) is 18.8. The number of carbonyl (C=O) groups is 1. The van der Waals surface area contributed by atoms with Crippen LogP contribution in [0.4, 0.5) is 0 Å². The largest absolute Gasteiger partial charge is 0.504 e. The van der Waals surface area contributed by atoms with Crippen molar-refractivity contribution in [3.05, 3.63) is 42.0 Å². The number of amides is 1.